The van der Waals surface area contributed by atoms with Crippen molar-refractivity contribution in [3.63, 3.8) is 0 Å². The van der Waals surface area contributed by atoms with E-state index in [1.54, 1.807) is 6.07 Å². The molecule has 2 heterocycles. The Labute approximate surface area is 179 Å². The summed E-state index contributed by atoms with van der Waals surface area (Å²) in [5, 5.41) is 22.9. The van der Waals surface area contributed by atoms with Crippen molar-refractivity contribution >= 4 is 27.6 Å². The summed E-state index contributed by atoms with van der Waals surface area (Å²) in [7, 11) is -4.48. The van der Waals surface area contributed by atoms with Crippen LogP contribution in [0.4, 0.5) is 14.9 Å². The number of benzene rings is 1. The lowest BCUT2D eigenvalue weighted by molar-refractivity contribution is -0.121. The van der Waals surface area contributed by atoms with Crippen molar-refractivity contribution in [2.45, 2.75) is 10.9 Å². The lowest BCUT2D eigenvalue weighted by atomic mass is 9.93. The molecule has 1 radical (unpaired) electrons. The van der Waals surface area contributed by atoms with Crippen LogP contribution < -0.4 is 10.6 Å². The molecule has 3 amide bonds. The van der Waals surface area contributed by atoms with E-state index in [-0.39, 0.29) is 32.0 Å². The van der Waals surface area contributed by atoms with Gasteiger partial charge in [0.2, 0.25) is 5.91 Å². The molecule has 1 fully saturated rings. The van der Waals surface area contributed by atoms with E-state index in [1.807, 2.05) is 6.07 Å². The van der Waals surface area contributed by atoms with Gasteiger partial charge in [0.05, 0.1) is 34.9 Å². The molecule has 0 spiro atoms. The average Bonchev–Trinajstić information content (AvgIpc) is 3.13. The van der Waals surface area contributed by atoms with Crippen LogP contribution in [-0.4, -0.2) is 43.9 Å². The second-order valence-electron chi connectivity index (χ2n) is 6.78. The first-order chi connectivity index (χ1) is 14.8. The van der Waals surface area contributed by atoms with Crippen molar-refractivity contribution < 1.29 is 30.0 Å². The Morgan fingerprint density at radius 3 is 2.90 bits per heavy atom. The maximum atomic E-state index is 14.4. The van der Waals surface area contributed by atoms with Crippen molar-refractivity contribution in [3.05, 3.63) is 53.4 Å². The maximum absolute atomic E-state index is 14.4. The first kappa shape index (κ1) is 20.4. The fourth-order valence-electron chi connectivity index (χ4n) is 3.50. The average molecular weight is 446 g/mol. The van der Waals surface area contributed by atoms with Crippen LogP contribution in [0.2, 0.25) is 0 Å². The smallest absolute Gasteiger partial charge is 0.336 e. The molecule has 3 aliphatic rings. The predicted molar refractivity (Wildman–Crippen MR) is 106 cm³/mol. The number of anilines is 1. The van der Waals surface area contributed by atoms with E-state index >= 15 is 0 Å². The first-order valence-electron chi connectivity index (χ1n) is 8.91. The third-order valence-corrected chi connectivity index (χ3v) is 6.69. The summed E-state index contributed by atoms with van der Waals surface area (Å²) in [6, 6.07) is 5.66. The number of carbonyl (C=O) groups is 2. The Morgan fingerprint density at radius 2 is 2.19 bits per heavy atom. The van der Waals surface area contributed by atoms with Gasteiger partial charge in [-0.05, 0) is 18.2 Å². The molecule has 4 rings (SSSR count). The number of allylic oxidation sites excluding steroid dienone is 2. The van der Waals surface area contributed by atoms with Crippen LogP contribution in [0, 0.1) is 35.0 Å². The third-order valence-electron chi connectivity index (χ3n) is 4.86. The number of hydrogen-bond donors (Lipinski definition) is 2. The molecule has 0 bridgehead atoms. The summed E-state index contributed by atoms with van der Waals surface area (Å²) in [4.78, 5) is 24.4. The molecule has 1 saturated heterocycles. The Balaban J connectivity index is 0.00000193. The SMILES string of the molecule is N#Cc1cccc2c1S(=O)(=O)N(CC(=O)N[C@@H]1COC3=CC(C#N)[CH]C(F)=C31)C(=O)N2.[HH].[HH]. The summed E-state index contributed by atoms with van der Waals surface area (Å²) in [5.41, 5.74) is -0.196. The highest BCUT2D eigenvalue weighted by atomic mass is 32.2. The normalized spacial score (nSPS) is 23.4. The molecule has 2 aliphatic heterocycles. The Kier molecular flexibility index (Phi) is 4.87. The number of hydrogen-bond acceptors (Lipinski definition) is 7. The van der Waals surface area contributed by atoms with Gasteiger partial charge in [0.25, 0.3) is 10.0 Å². The molecule has 2 atom stereocenters. The van der Waals surface area contributed by atoms with Crippen molar-refractivity contribution in [3.8, 4) is 12.1 Å². The standard InChI is InChI=1S/C19H13FN5O5S.2H2/c20-12-4-10(6-21)5-15-17(12)14(9-30-15)23-16(26)8-25-19(27)24-13-3-1-2-11(7-22)18(13)31(25,28)29;;/h1-5,10,14H,8-9H2,(H,23,26)(H,24,27);2*1H/t10?,14-;;/m1../s1. The quantitative estimate of drug-likeness (QED) is 0.715. The fraction of sp³-hybridized carbons (Fsp3) is 0.211. The number of carbonyl (C=O) groups excluding carboxylic acids is 2. The largest absolute Gasteiger partial charge is 0.491 e. The van der Waals surface area contributed by atoms with Crippen molar-refractivity contribution in [2.75, 3.05) is 18.5 Å². The third kappa shape index (κ3) is 3.37. The van der Waals surface area contributed by atoms with Crippen molar-refractivity contribution in [1.82, 2.24) is 9.62 Å². The van der Waals surface area contributed by atoms with E-state index in [0.29, 0.717) is 4.31 Å². The van der Waals surface area contributed by atoms with Crippen LogP contribution in [0.25, 0.3) is 0 Å². The van der Waals surface area contributed by atoms with E-state index in [4.69, 9.17) is 10.00 Å². The van der Waals surface area contributed by atoms with Crippen LogP contribution >= 0.6 is 0 Å². The van der Waals surface area contributed by atoms with Gasteiger partial charge in [0.1, 0.15) is 35.7 Å². The number of sulfonamides is 1. The molecule has 1 aromatic carbocycles. The molecule has 10 nitrogen and oxygen atoms in total. The van der Waals surface area contributed by atoms with Gasteiger partial charge in [0.15, 0.2) is 0 Å². The number of ether oxygens (including phenoxy) is 1. The van der Waals surface area contributed by atoms with Crippen LogP contribution in [0.1, 0.15) is 8.42 Å². The van der Waals surface area contributed by atoms with Gasteiger partial charge in [-0.3, -0.25) is 4.79 Å². The molecule has 1 unspecified atom stereocenters. The van der Waals surface area contributed by atoms with E-state index < -0.39 is 51.2 Å². The number of urea groups is 1. The monoisotopic (exact) mass is 446 g/mol. The number of amides is 3. The number of halogens is 1. The first-order valence-corrected chi connectivity index (χ1v) is 10.4. The van der Waals surface area contributed by atoms with Gasteiger partial charge in [-0.2, -0.15) is 10.5 Å². The minimum Gasteiger partial charge on any atom is -0.491 e. The lowest BCUT2D eigenvalue weighted by Crippen LogP contribution is -2.50. The van der Waals surface area contributed by atoms with Crippen LogP contribution in [-0.2, 0) is 19.6 Å². The van der Waals surface area contributed by atoms with Gasteiger partial charge < -0.3 is 15.4 Å². The van der Waals surface area contributed by atoms with Gasteiger partial charge in [0, 0.05) is 9.27 Å². The summed E-state index contributed by atoms with van der Waals surface area (Å²) >= 11 is 0. The summed E-state index contributed by atoms with van der Waals surface area (Å²) in [6.45, 7) is -1.00. The predicted octanol–water partition coefficient (Wildman–Crippen LogP) is 1.57. The van der Waals surface area contributed by atoms with Crippen molar-refractivity contribution in [1.29, 1.82) is 10.5 Å². The van der Waals surface area contributed by atoms with Gasteiger partial charge in [-0.1, -0.05) is 6.07 Å². The summed E-state index contributed by atoms with van der Waals surface area (Å²) in [6.07, 6.45) is 2.49. The fourth-order valence-corrected chi connectivity index (χ4v) is 5.06. The number of rotatable bonds is 3. The molecule has 31 heavy (non-hydrogen) atoms. The van der Waals surface area contributed by atoms with Gasteiger partial charge in [-0.25, -0.2) is 21.9 Å². The highest BCUT2D eigenvalue weighted by Crippen LogP contribution is 2.36. The van der Waals surface area contributed by atoms with Crippen LogP contribution in [0.15, 0.2) is 46.3 Å². The number of nitriles is 2. The van der Waals surface area contributed by atoms with E-state index in [2.05, 4.69) is 10.6 Å². The van der Waals surface area contributed by atoms with Gasteiger partial charge in [-0.15, -0.1) is 0 Å². The molecule has 1 aromatic rings. The Hall–Kier alpha value is -3.90. The highest BCUT2D eigenvalue weighted by molar-refractivity contribution is 7.90. The molecule has 1 aliphatic carbocycles. The second-order valence-corrected chi connectivity index (χ2v) is 8.58. The number of fused-ring (bicyclic) bond motifs is 2. The van der Waals surface area contributed by atoms with E-state index in [1.165, 1.54) is 24.3 Å². The molecular weight excluding hydrogens is 429 g/mol. The molecular formula is C19H17FN5O5S. The minimum absolute atomic E-state index is 0. The number of nitrogens with one attached hydrogen (secondary N) is 2. The van der Waals surface area contributed by atoms with Crippen LogP contribution in [0.5, 0.6) is 0 Å². The van der Waals surface area contributed by atoms with Crippen molar-refractivity contribution in [2.24, 2.45) is 5.92 Å². The van der Waals surface area contributed by atoms with Crippen LogP contribution in [0.3, 0.4) is 0 Å². The lowest BCUT2D eigenvalue weighted by Gasteiger charge is -2.29. The zero-order chi connectivity index (χ0) is 22.3. The summed E-state index contributed by atoms with van der Waals surface area (Å²) in [5.74, 6) is -2.27. The van der Waals surface area contributed by atoms with E-state index in [0.717, 1.165) is 6.42 Å². The topological polar surface area (TPSA) is 152 Å². The Bertz CT molecular complexity index is 1270. The molecule has 161 valence electrons. The zero-order valence-electron chi connectivity index (χ0n) is 15.6. The number of nitrogens with zero attached hydrogens (tertiary/aromatic N) is 3. The molecule has 2 N–H and O–H groups in total. The summed E-state index contributed by atoms with van der Waals surface area (Å²) < 4.78 is 45.8. The second kappa shape index (κ2) is 7.41. The Morgan fingerprint density at radius 1 is 1.42 bits per heavy atom. The molecule has 0 aromatic heterocycles. The highest BCUT2D eigenvalue weighted by Gasteiger charge is 2.41. The minimum atomic E-state index is -4.48. The van der Waals surface area contributed by atoms with Gasteiger partial charge >= 0.3 is 6.03 Å². The molecule has 0 saturated carbocycles. The molecule has 12 heteroatoms. The maximum Gasteiger partial charge on any atom is 0.336 e. The van der Waals surface area contributed by atoms with E-state index in [9.17, 15) is 27.7 Å². The zero-order valence-corrected chi connectivity index (χ0v) is 16.4.